The molecule has 0 aromatic carbocycles. The molecule has 0 saturated carbocycles. The number of hydrogen-bond donors (Lipinski definition) is 1. The van der Waals surface area contributed by atoms with Crippen LogP contribution in [0, 0.1) is 0 Å². The number of rotatable bonds is 2. The van der Waals surface area contributed by atoms with Gasteiger partial charge in [0, 0.05) is 11.6 Å². The first-order valence-corrected chi connectivity index (χ1v) is 4.27. The van der Waals surface area contributed by atoms with Gasteiger partial charge in [0.15, 0.2) is 0 Å². The lowest BCUT2D eigenvalue weighted by atomic mass is 10.1. The Bertz CT molecular complexity index is 255. The monoisotopic (exact) mass is 205 g/mol. The Morgan fingerprint density at radius 2 is 1.92 bits per heavy atom. The molecule has 3 nitrogen and oxygen atoms in total. The summed E-state index contributed by atoms with van der Waals surface area (Å²) in [6.07, 6.45) is 1.92. The average Bonchev–Trinajstić information content (AvgIpc) is 1.97. The van der Waals surface area contributed by atoms with Crippen molar-refractivity contribution in [3.8, 4) is 0 Å². The number of halogens is 2. The largest absolute Gasteiger partial charge is 0.328 e. The minimum Gasteiger partial charge on any atom is -0.328 e. The third-order valence-corrected chi connectivity index (χ3v) is 2.02. The highest BCUT2D eigenvalue weighted by Gasteiger charge is 2.09. The Morgan fingerprint density at radius 1 is 1.42 bits per heavy atom. The number of aromatic nitrogens is 2. The van der Waals surface area contributed by atoms with Gasteiger partial charge < -0.3 is 5.73 Å². The van der Waals surface area contributed by atoms with E-state index in [2.05, 4.69) is 9.97 Å². The Morgan fingerprint density at radius 3 is 2.33 bits per heavy atom. The van der Waals surface area contributed by atoms with E-state index in [-0.39, 0.29) is 6.04 Å². The van der Waals surface area contributed by atoms with Crippen molar-refractivity contribution in [3.05, 3.63) is 22.2 Å². The second-order valence-corrected chi connectivity index (χ2v) is 3.33. The number of nitrogens with two attached hydrogens (primary N) is 1. The highest BCUT2D eigenvalue weighted by atomic mass is 35.5. The molecule has 0 radical (unpaired) electrons. The first kappa shape index (κ1) is 9.71. The molecular formula is C7H9Cl2N3. The summed E-state index contributed by atoms with van der Waals surface area (Å²) in [6.45, 7) is 1.87. The second kappa shape index (κ2) is 4.03. The van der Waals surface area contributed by atoms with Crippen molar-refractivity contribution in [1.82, 2.24) is 9.97 Å². The average molecular weight is 206 g/mol. The smallest absolute Gasteiger partial charge is 0.137 e. The predicted molar refractivity (Wildman–Crippen MR) is 49.4 cm³/mol. The van der Waals surface area contributed by atoms with Crippen molar-refractivity contribution in [3.63, 3.8) is 0 Å². The summed E-state index contributed by atoms with van der Waals surface area (Å²) in [4.78, 5) is 7.61. The van der Waals surface area contributed by atoms with Gasteiger partial charge in [0.2, 0.25) is 0 Å². The molecule has 1 aromatic heterocycles. The summed E-state index contributed by atoms with van der Waals surface area (Å²) in [6, 6.07) is 0.00556. The molecule has 12 heavy (non-hydrogen) atoms. The first-order valence-electron chi connectivity index (χ1n) is 3.51. The van der Waals surface area contributed by atoms with Gasteiger partial charge in [-0.2, -0.15) is 0 Å². The summed E-state index contributed by atoms with van der Waals surface area (Å²) in [5.74, 6) is 0. The van der Waals surface area contributed by atoms with Gasteiger partial charge in [-0.15, -0.1) is 0 Å². The summed E-state index contributed by atoms with van der Waals surface area (Å²) < 4.78 is 0. The lowest BCUT2D eigenvalue weighted by molar-refractivity contribution is 0.732. The fraction of sp³-hybridized carbons (Fsp3) is 0.429. The summed E-state index contributed by atoms with van der Waals surface area (Å²) in [5, 5.41) is 0.764. The van der Waals surface area contributed by atoms with Crippen LogP contribution >= 0.6 is 23.2 Å². The van der Waals surface area contributed by atoms with Crippen molar-refractivity contribution >= 4 is 23.2 Å². The molecule has 0 aliphatic carbocycles. The van der Waals surface area contributed by atoms with E-state index < -0.39 is 0 Å². The third-order valence-electron chi connectivity index (χ3n) is 1.37. The van der Waals surface area contributed by atoms with E-state index in [0.29, 0.717) is 16.7 Å². The van der Waals surface area contributed by atoms with Crippen LogP contribution in [0.1, 0.15) is 12.5 Å². The quantitative estimate of drug-likeness (QED) is 0.748. The van der Waals surface area contributed by atoms with Crippen LogP contribution in [0.25, 0.3) is 0 Å². The summed E-state index contributed by atoms with van der Waals surface area (Å²) in [5.41, 5.74) is 6.31. The Balaban J connectivity index is 2.96. The molecular weight excluding hydrogens is 197 g/mol. The van der Waals surface area contributed by atoms with Crippen LogP contribution in [0.4, 0.5) is 0 Å². The topological polar surface area (TPSA) is 51.8 Å². The Kier molecular flexibility index (Phi) is 3.26. The van der Waals surface area contributed by atoms with Crippen LogP contribution in [-0.4, -0.2) is 16.0 Å². The van der Waals surface area contributed by atoms with Gasteiger partial charge in [0.25, 0.3) is 0 Å². The van der Waals surface area contributed by atoms with Crippen LogP contribution in [0.3, 0.4) is 0 Å². The normalized spacial score (nSPS) is 13.0. The van der Waals surface area contributed by atoms with E-state index in [4.69, 9.17) is 28.9 Å². The SMILES string of the molecule is C[C@H](N)Cc1c(Cl)ncnc1Cl. The van der Waals surface area contributed by atoms with Crippen LogP contribution in [-0.2, 0) is 6.42 Å². The van der Waals surface area contributed by atoms with Gasteiger partial charge in [-0.1, -0.05) is 23.2 Å². The maximum absolute atomic E-state index is 5.78. The molecule has 0 unspecified atom stereocenters. The van der Waals surface area contributed by atoms with Gasteiger partial charge in [0.05, 0.1) is 0 Å². The van der Waals surface area contributed by atoms with Crippen molar-refractivity contribution < 1.29 is 0 Å². The third kappa shape index (κ3) is 2.30. The lowest BCUT2D eigenvalue weighted by Crippen LogP contribution is -2.18. The zero-order chi connectivity index (χ0) is 9.14. The lowest BCUT2D eigenvalue weighted by Gasteiger charge is -2.06. The standard InChI is InChI=1S/C7H9Cl2N3/c1-4(10)2-5-6(8)11-3-12-7(5)9/h3-4H,2,10H2,1H3/t4-/m0/s1. The maximum Gasteiger partial charge on any atom is 0.137 e. The van der Waals surface area contributed by atoms with E-state index in [1.165, 1.54) is 6.33 Å². The van der Waals surface area contributed by atoms with Crippen molar-refractivity contribution in [1.29, 1.82) is 0 Å². The molecule has 1 heterocycles. The molecule has 1 atom stereocenters. The van der Waals surface area contributed by atoms with Crippen molar-refractivity contribution in [2.45, 2.75) is 19.4 Å². The fourth-order valence-electron chi connectivity index (χ4n) is 0.862. The second-order valence-electron chi connectivity index (χ2n) is 2.62. The zero-order valence-corrected chi connectivity index (χ0v) is 8.10. The molecule has 1 aromatic rings. The van der Waals surface area contributed by atoms with Gasteiger partial charge in [-0.3, -0.25) is 0 Å². The Labute approximate surface area is 80.9 Å². The van der Waals surface area contributed by atoms with Crippen LogP contribution in [0.15, 0.2) is 6.33 Å². The van der Waals surface area contributed by atoms with Crippen molar-refractivity contribution in [2.75, 3.05) is 0 Å². The van der Waals surface area contributed by atoms with Crippen molar-refractivity contribution in [2.24, 2.45) is 5.73 Å². The molecule has 0 aliphatic rings. The molecule has 1 rings (SSSR count). The molecule has 0 bridgehead atoms. The molecule has 0 amide bonds. The van der Waals surface area contributed by atoms with Gasteiger partial charge >= 0.3 is 0 Å². The van der Waals surface area contributed by atoms with Gasteiger partial charge in [0.1, 0.15) is 16.6 Å². The van der Waals surface area contributed by atoms with Gasteiger partial charge in [-0.05, 0) is 13.3 Å². The van der Waals surface area contributed by atoms with E-state index in [0.717, 1.165) is 5.56 Å². The molecule has 0 fully saturated rings. The summed E-state index contributed by atoms with van der Waals surface area (Å²) in [7, 11) is 0. The molecule has 2 N–H and O–H groups in total. The van der Waals surface area contributed by atoms with Gasteiger partial charge in [-0.25, -0.2) is 9.97 Å². The molecule has 5 heteroatoms. The molecule has 0 aliphatic heterocycles. The minimum atomic E-state index is 0.00556. The van der Waals surface area contributed by atoms with E-state index in [9.17, 15) is 0 Å². The zero-order valence-electron chi connectivity index (χ0n) is 6.59. The number of nitrogens with zero attached hydrogens (tertiary/aromatic N) is 2. The van der Waals surface area contributed by atoms with E-state index >= 15 is 0 Å². The fourth-order valence-corrected chi connectivity index (χ4v) is 1.33. The summed E-state index contributed by atoms with van der Waals surface area (Å²) >= 11 is 11.6. The van der Waals surface area contributed by atoms with Crippen LogP contribution in [0.2, 0.25) is 10.3 Å². The predicted octanol–water partition coefficient (Wildman–Crippen LogP) is 1.67. The molecule has 0 saturated heterocycles. The molecule has 66 valence electrons. The van der Waals surface area contributed by atoms with E-state index in [1.54, 1.807) is 0 Å². The van der Waals surface area contributed by atoms with E-state index in [1.807, 2.05) is 6.92 Å². The molecule has 0 spiro atoms. The first-order chi connectivity index (χ1) is 5.61. The van der Waals surface area contributed by atoms with Crippen LogP contribution < -0.4 is 5.73 Å². The highest BCUT2D eigenvalue weighted by Crippen LogP contribution is 2.20. The minimum absolute atomic E-state index is 0.00556. The Hall–Kier alpha value is -0.380. The van der Waals surface area contributed by atoms with Crippen LogP contribution in [0.5, 0.6) is 0 Å². The number of hydrogen-bond acceptors (Lipinski definition) is 3. The highest BCUT2D eigenvalue weighted by molar-refractivity contribution is 6.34. The maximum atomic E-state index is 5.78.